The molecule has 0 saturated heterocycles. The van der Waals surface area contributed by atoms with Gasteiger partial charge in [0.15, 0.2) is 6.29 Å². The molecule has 0 fully saturated rings. The first-order valence-electron chi connectivity index (χ1n) is 4.92. The van der Waals surface area contributed by atoms with Crippen LogP contribution in [0.25, 0.3) is 0 Å². The fraction of sp³-hybridized carbons (Fsp3) is 0.0769. The van der Waals surface area contributed by atoms with Crippen molar-refractivity contribution >= 4 is 6.29 Å². The average Bonchev–Trinajstić information content (AvgIpc) is 2.33. The first kappa shape index (κ1) is 10.5. The number of benzene rings is 1. The van der Waals surface area contributed by atoms with Crippen molar-refractivity contribution < 1.29 is 9.18 Å². The summed E-state index contributed by atoms with van der Waals surface area (Å²) in [6, 6.07) is 8.05. The van der Waals surface area contributed by atoms with E-state index >= 15 is 0 Å². The van der Waals surface area contributed by atoms with Gasteiger partial charge in [-0.1, -0.05) is 12.1 Å². The lowest BCUT2D eigenvalue weighted by molar-refractivity contribution is 0.112. The molecule has 0 unspecified atom stereocenters. The number of carbonyl (C=O) groups excluding carboxylic acids is 1. The van der Waals surface area contributed by atoms with E-state index in [1.807, 2.05) is 0 Å². The average molecular weight is 215 g/mol. The first-order valence-corrected chi connectivity index (χ1v) is 4.92. The summed E-state index contributed by atoms with van der Waals surface area (Å²) in [6.45, 7) is 0. The van der Waals surface area contributed by atoms with Crippen LogP contribution in [-0.4, -0.2) is 11.3 Å². The molecule has 2 rings (SSSR count). The van der Waals surface area contributed by atoms with E-state index in [1.165, 1.54) is 18.3 Å². The van der Waals surface area contributed by atoms with Gasteiger partial charge in [-0.3, -0.25) is 9.78 Å². The maximum atomic E-state index is 12.7. The van der Waals surface area contributed by atoms with E-state index in [-0.39, 0.29) is 5.82 Å². The van der Waals surface area contributed by atoms with Gasteiger partial charge in [-0.2, -0.15) is 0 Å². The largest absolute Gasteiger partial charge is 0.298 e. The molecule has 2 aromatic rings. The summed E-state index contributed by atoms with van der Waals surface area (Å²) >= 11 is 0. The molecule has 16 heavy (non-hydrogen) atoms. The molecule has 0 spiro atoms. The van der Waals surface area contributed by atoms with E-state index in [2.05, 4.69) is 4.98 Å². The van der Waals surface area contributed by atoms with Gasteiger partial charge in [0, 0.05) is 18.0 Å². The Morgan fingerprint density at radius 3 is 2.62 bits per heavy atom. The van der Waals surface area contributed by atoms with Gasteiger partial charge in [0.05, 0.1) is 0 Å². The maximum Gasteiger partial charge on any atom is 0.151 e. The van der Waals surface area contributed by atoms with Crippen molar-refractivity contribution in [2.45, 2.75) is 6.42 Å². The number of rotatable bonds is 3. The molecule has 0 atom stereocenters. The number of aldehydes is 1. The Labute approximate surface area is 92.8 Å². The molecule has 1 heterocycles. The molecule has 0 aliphatic carbocycles. The first-order chi connectivity index (χ1) is 7.79. The highest BCUT2D eigenvalue weighted by Gasteiger charge is 2.02. The highest BCUT2D eigenvalue weighted by molar-refractivity contribution is 5.76. The van der Waals surface area contributed by atoms with Gasteiger partial charge in [-0.25, -0.2) is 4.39 Å². The molecule has 0 bridgehead atoms. The summed E-state index contributed by atoms with van der Waals surface area (Å²) in [5.41, 5.74) is 2.44. The van der Waals surface area contributed by atoms with Gasteiger partial charge >= 0.3 is 0 Å². The highest BCUT2D eigenvalue weighted by Crippen LogP contribution is 2.12. The Bertz CT molecular complexity index is 494. The van der Waals surface area contributed by atoms with Crippen molar-refractivity contribution in [3.8, 4) is 0 Å². The van der Waals surface area contributed by atoms with E-state index in [1.54, 1.807) is 24.4 Å². The van der Waals surface area contributed by atoms with Crippen LogP contribution in [0.2, 0.25) is 0 Å². The molecule has 0 aliphatic rings. The van der Waals surface area contributed by atoms with Gasteiger partial charge in [0.2, 0.25) is 0 Å². The second-order valence-corrected chi connectivity index (χ2v) is 3.50. The van der Waals surface area contributed by atoms with E-state index in [9.17, 15) is 9.18 Å². The van der Waals surface area contributed by atoms with E-state index in [0.29, 0.717) is 12.0 Å². The van der Waals surface area contributed by atoms with E-state index in [4.69, 9.17) is 0 Å². The van der Waals surface area contributed by atoms with E-state index in [0.717, 1.165) is 17.4 Å². The van der Waals surface area contributed by atoms with Crippen molar-refractivity contribution in [3.05, 3.63) is 65.2 Å². The van der Waals surface area contributed by atoms with Crippen LogP contribution in [0.3, 0.4) is 0 Å². The number of halogens is 1. The Kier molecular flexibility index (Phi) is 3.05. The Morgan fingerprint density at radius 2 is 1.94 bits per heavy atom. The van der Waals surface area contributed by atoms with Gasteiger partial charge in [0.1, 0.15) is 5.82 Å². The standard InChI is InChI=1S/C13H10FNO/c14-13-3-1-10(2-4-13)7-11-5-6-15-8-12(11)9-16/h1-6,8-9H,7H2. The number of hydrogen-bond donors (Lipinski definition) is 0. The summed E-state index contributed by atoms with van der Waals surface area (Å²) in [7, 11) is 0. The monoisotopic (exact) mass is 215 g/mol. The molecule has 0 saturated carbocycles. The highest BCUT2D eigenvalue weighted by atomic mass is 19.1. The van der Waals surface area contributed by atoms with Crippen molar-refractivity contribution in [3.63, 3.8) is 0 Å². The normalized spacial score (nSPS) is 10.1. The zero-order valence-corrected chi connectivity index (χ0v) is 8.56. The summed E-state index contributed by atoms with van der Waals surface area (Å²) in [5.74, 6) is -0.255. The summed E-state index contributed by atoms with van der Waals surface area (Å²) in [6.07, 6.45) is 4.57. The maximum absolute atomic E-state index is 12.7. The number of pyridine rings is 1. The molecule has 1 aromatic carbocycles. The third-order valence-electron chi connectivity index (χ3n) is 2.38. The lowest BCUT2D eigenvalue weighted by atomic mass is 10.0. The Morgan fingerprint density at radius 1 is 1.19 bits per heavy atom. The summed E-state index contributed by atoms with van der Waals surface area (Å²) in [5, 5.41) is 0. The van der Waals surface area contributed by atoms with Crippen LogP contribution in [0.15, 0.2) is 42.7 Å². The quantitative estimate of drug-likeness (QED) is 0.737. The zero-order valence-electron chi connectivity index (χ0n) is 8.56. The second kappa shape index (κ2) is 4.66. The van der Waals surface area contributed by atoms with Gasteiger partial charge in [0.25, 0.3) is 0 Å². The van der Waals surface area contributed by atoms with Crippen LogP contribution in [0, 0.1) is 5.82 Å². The van der Waals surface area contributed by atoms with Crippen molar-refractivity contribution in [1.82, 2.24) is 4.98 Å². The second-order valence-electron chi connectivity index (χ2n) is 3.50. The Balaban J connectivity index is 2.26. The third-order valence-corrected chi connectivity index (χ3v) is 2.38. The van der Waals surface area contributed by atoms with Gasteiger partial charge < -0.3 is 0 Å². The minimum absolute atomic E-state index is 0.255. The van der Waals surface area contributed by atoms with Gasteiger partial charge in [-0.05, 0) is 35.7 Å². The predicted octanol–water partition coefficient (Wildman–Crippen LogP) is 2.62. The van der Waals surface area contributed by atoms with E-state index < -0.39 is 0 Å². The number of carbonyl (C=O) groups is 1. The SMILES string of the molecule is O=Cc1cnccc1Cc1ccc(F)cc1. The molecule has 2 nitrogen and oxygen atoms in total. The van der Waals surface area contributed by atoms with Crippen LogP contribution in [0.5, 0.6) is 0 Å². The number of hydrogen-bond acceptors (Lipinski definition) is 2. The molecule has 3 heteroatoms. The summed E-state index contributed by atoms with van der Waals surface area (Å²) in [4.78, 5) is 14.7. The van der Waals surface area contributed by atoms with Crippen LogP contribution < -0.4 is 0 Å². The van der Waals surface area contributed by atoms with Crippen molar-refractivity contribution in [1.29, 1.82) is 0 Å². The molecule has 0 radical (unpaired) electrons. The van der Waals surface area contributed by atoms with Crippen LogP contribution in [-0.2, 0) is 6.42 Å². The predicted molar refractivity (Wildman–Crippen MR) is 58.8 cm³/mol. The molecule has 80 valence electrons. The van der Waals surface area contributed by atoms with Crippen LogP contribution >= 0.6 is 0 Å². The van der Waals surface area contributed by atoms with Crippen LogP contribution in [0.4, 0.5) is 4.39 Å². The molecule has 1 aromatic heterocycles. The topological polar surface area (TPSA) is 30.0 Å². The molecular weight excluding hydrogens is 205 g/mol. The van der Waals surface area contributed by atoms with Crippen LogP contribution in [0.1, 0.15) is 21.5 Å². The summed E-state index contributed by atoms with van der Waals surface area (Å²) < 4.78 is 12.7. The fourth-order valence-electron chi connectivity index (χ4n) is 1.52. The minimum Gasteiger partial charge on any atom is -0.298 e. The van der Waals surface area contributed by atoms with Gasteiger partial charge in [-0.15, -0.1) is 0 Å². The molecule has 0 aliphatic heterocycles. The lowest BCUT2D eigenvalue weighted by Gasteiger charge is -2.03. The fourth-order valence-corrected chi connectivity index (χ4v) is 1.52. The smallest absolute Gasteiger partial charge is 0.151 e. The Hall–Kier alpha value is -2.03. The zero-order chi connectivity index (χ0) is 11.4. The lowest BCUT2D eigenvalue weighted by Crippen LogP contribution is -1.95. The van der Waals surface area contributed by atoms with Crippen molar-refractivity contribution in [2.24, 2.45) is 0 Å². The van der Waals surface area contributed by atoms with Crippen molar-refractivity contribution in [2.75, 3.05) is 0 Å². The minimum atomic E-state index is -0.255. The molecule has 0 amide bonds. The molecular formula is C13H10FNO. The number of aromatic nitrogens is 1. The molecule has 0 N–H and O–H groups in total. The number of nitrogens with zero attached hydrogens (tertiary/aromatic N) is 1. The third kappa shape index (κ3) is 2.31.